The summed E-state index contributed by atoms with van der Waals surface area (Å²) in [6.45, 7) is 5.27. The van der Waals surface area contributed by atoms with E-state index >= 15 is 0 Å². The summed E-state index contributed by atoms with van der Waals surface area (Å²) in [5.41, 5.74) is 0. The van der Waals surface area contributed by atoms with Gasteiger partial charge in [-0.3, -0.25) is 4.90 Å². The molecule has 3 rings (SSSR count). The molecule has 0 aromatic heterocycles. The molecular weight excluding hydrogens is 240 g/mol. The van der Waals surface area contributed by atoms with E-state index in [0.29, 0.717) is 13.2 Å². The van der Waals surface area contributed by atoms with Crippen molar-refractivity contribution < 1.29 is 9.47 Å². The highest BCUT2D eigenvalue weighted by Gasteiger charge is 2.36. The van der Waals surface area contributed by atoms with Crippen molar-refractivity contribution in [3.8, 4) is 0 Å². The molecule has 0 amide bonds. The van der Waals surface area contributed by atoms with Gasteiger partial charge in [0.2, 0.25) is 0 Å². The summed E-state index contributed by atoms with van der Waals surface area (Å²) in [6.07, 6.45) is 3.94. The molecule has 2 unspecified atom stereocenters. The predicted molar refractivity (Wildman–Crippen MR) is 65.9 cm³/mol. The number of halogens is 1. The van der Waals surface area contributed by atoms with Gasteiger partial charge in [0, 0.05) is 26.2 Å². The van der Waals surface area contributed by atoms with Crippen molar-refractivity contribution in [2.75, 3.05) is 39.4 Å². The Morgan fingerprint density at radius 3 is 2.82 bits per heavy atom. The minimum absolute atomic E-state index is 0.0338. The van der Waals surface area contributed by atoms with Gasteiger partial charge in [-0.15, -0.1) is 11.6 Å². The monoisotopic (exact) mass is 256 g/mol. The van der Waals surface area contributed by atoms with Crippen LogP contribution in [-0.4, -0.2) is 55.7 Å². The van der Waals surface area contributed by atoms with E-state index in [1.165, 1.54) is 0 Å². The Morgan fingerprint density at radius 2 is 2.00 bits per heavy atom. The van der Waals surface area contributed by atoms with Gasteiger partial charge in [-0.1, -0.05) is 6.08 Å². The van der Waals surface area contributed by atoms with Gasteiger partial charge in [-0.05, 0) is 6.08 Å². The van der Waals surface area contributed by atoms with E-state index in [1.807, 2.05) is 12.2 Å². The average molecular weight is 257 g/mol. The van der Waals surface area contributed by atoms with Crippen molar-refractivity contribution in [3.63, 3.8) is 0 Å². The Labute approximate surface area is 106 Å². The van der Waals surface area contributed by atoms with Crippen molar-refractivity contribution >= 4 is 11.6 Å². The molecule has 2 heterocycles. The summed E-state index contributed by atoms with van der Waals surface area (Å²) in [7, 11) is 0. The number of allylic oxidation sites excluding steroid dienone is 1. The Morgan fingerprint density at radius 1 is 1.24 bits per heavy atom. The number of piperazine rings is 1. The first-order valence-electron chi connectivity index (χ1n) is 6.13. The van der Waals surface area contributed by atoms with Gasteiger partial charge in [0.1, 0.15) is 13.2 Å². The van der Waals surface area contributed by atoms with E-state index < -0.39 is 0 Å². The zero-order chi connectivity index (χ0) is 11.7. The van der Waals surface area contributed by atoms with Crippen LogP contribution in [0.5, 0.6) is 0 Å². The van der Waals surface area contributed by atoms with Crippen LogP contribution < -0.4 is 5.32 Å². The third-order valence-electron chi connectivity index (χ3n) is 3.39. The molecule has 0 aromatic rings. The van der Waals surface area contributed by atoms with Crippen LogP contribution in [0.1, 0.15) is 0 Å². The lowest BCUT2D eigenvalue weighted by Gasteiger charge is -2.40. The summed E-state index contributed by atoms with van der Waals surface area (Å²) in [6, 6.07) is 0.124. The molecule has 5 heteroatoms. The number of hydrogen-bond donors (Lipinski definition) is 1. The summed E-state index contributed by atoms with van der Waals surface area (Å²) in [5, 5.41) is 3.32. The first-order valence-corrected chi connectivity index (χ1v) is 6.57. The minimum atomic E-state index is -0.0338. The van der Waals surface area contributed by atoms with E-state index in [-0.39, 0.29) is 11.4 Å². The van der Waals surface area contributed by atoms with E-state index in [0.717, 1.165) is 37.7 Å². The lowest BCUT2D eigenvalue weighted by Crippen LogP contribution is -2.53. The van der Waals surface area contributed by atoms with Gasteiger partial charge in [0.05, 0.1) is 11.4 Å². The van der Waals surface area contributed by atoms with Crippen molar-refractivity contribution in [1.82, 2.24) is 10.2 Å². The molecule has 17 heavy (non-hydrogen) atoms. The molecular formula is C12H17ClN2O2. The Kier molecular flexibility index (Phi) is 3.27. The van der Waals surface area contributed by atoms with Gasteiger partial charge in [0.15, 0.2) is 11.5 Å². The normalized spacial score (nSPS) is 33.9. The van der Waals surface area contributed by atoms with Crippen LogP contribution in [0.4, 0.5) is 0 Å². The van der Waals surface area contributed by atoms with Crippen LogP contribution in [0.15, 0.2) is 23.7 Å². The number of nitrogens with zero attached hydrogens (tertiary/aromatic N) is 1. The maximum absolute atomic E-state index is 6.42. The number of nitrogens with one attached hydrogen (secondary N) is 1. The van der Waals surface area contributed by atoms with Crippen molar-refractivity contribution in [1.29, 1.82) is 0 Å². The molecule has 1 fully saturated rings. The maximum Gasteiger partial charge on any atom is 0.158 e. The third kappa shape index (κ3) is 2.17. The molecule has 0 saturated carbocycles. The molecule has 2 atom stereocenters. The van der Waals surface area contributed by atoms with E-state index in [2.05, 4.69) is 10.2 Å². The fourth-order valence-corrected chi connectivity index (χ4v) is 2.91. The molecule has 2 aliphatic heterocycles. The molecule has 1 aliphatic carbocycles. The maximum atomic E-state index is 6.42. The Hall–Kier alpha value is -0.710. The molecule has 94 valence electrons. The van der Waals surface area contributed by atoms with Gasteiger partial charge in [-0.2, -0.15) is 0 Å². The van der Waals surface area contributed by atoms with Crippen molar-refractivity contribution in [2.24, 2.45) is 0 Å². The quantitative estimate of drug-likeness (QED) is 0.701. The zero-order valence-electron chi connectivity index (χ0n) is 9.69. The van der Waals surface area contributed by atoms with Crippen LogP contribution in [-0.2, 0) is 9.47 Å². The van der Waals surface area contributed by atoms with Crippen LogP contribution in [0, 0.1) is 0 Å². The first-order chi connectivity index (χ1) is 8.36. The second-order valence-corrected chi connectivity index (χ2v) is 4.96. The molecule has 1 saturated heterocycles. The SMILES string of the molecule is ClC1C=CC2=C(OCCO2)C1N1CCNCC1. The topological polar surface area (TPSA) is 33.7 Å². The van der Waals surface area contributed by atoms with Gasteiger partial charge < -0.3 is 14.8 Å². The molecule has 1 N–H and O–H groups in total. The number of hydrogen-bond acceptors (Lipinski definition) is 4. The summed E-state index contributed by atoms with van der Waals surface area (Å²) < 4.78 is 11.4. The lowest BCUT2D eigenvalue weighted by molar-refractivity contribution is 0.0322. The van der Waals surface area contributed by atoms with E-state index in [9.17, 15) is 0 Å². The van der Waals surface area contributed by atoms with Crippen LogP contribution in [0.2, 0.25) is 0 Å². The second kappa shape index (κ2) is 4.88. The van der Waals surface area contributed by atoms with E-state index in [1.54, 1.807) is 0 Å². The van der Waals surface area contributed by atoms with E-state index in [4.69, 9.17) is 21.1 Å². The van der Waals surface area contributed by atoms with Crippen molar-refractivity contribution in [3.05, 3.63) is 23.7 Å². The minimum Gasteiger partial charge on any atom is -0.489 e. The molecule has 4 nitrogen and oxygen atoms in total. The number of alkyl halides is 1. The highest BCUT2D eigenvalue weighted by molar-refractivity contribution is 6.22. The van der Waals surface area contributed by atoms with Crippen LogP contribution in [0.25, 0.3) is 0 Å². The summed E-state index contributed by atoms with van der Waals surface area (Å²) in [4.78, 5) is 2.38. The fourth-order valence-electron chi connectivity index (χ4n) is 2.56. The van der Waals surface area contributed by atoms with Crippen molar-refractivity contribution in [2.45, 2.75) is 11.4 Å². The molecule has 0 spiro atoms. The molecule has 0 radical (unpaired) electrons. The highest BCUT2D eigenvalue weighted by atomic mass is 35.5. The fraction of sp³-hybridized carbons (Fsp3) is 0.667. The molecule has 0 bridgehead atoms. The Bertz CT molecular complexity index is 350. The highest BCUT2D eigenvalue weighted by Crippen LogP contribution is 2.31. The molecule has 3 aliphatic rings. The molecule has 0 aromatic carbocycles. The number of ether oxygens (including phenoxy) is 2. The number of rotatable bonds is 1. The standard InChI is InChI=1S/C12H17ClN2O2/c13-9-1-2-10-12(17-8-7-16-10)11(9)15-5-3-14-4-6-15/h1-2,9,11,14H,3-8H2. The van der Waals surface area contributed by atoms with Gasteiger partial charge in [-0.25, -0.2) is 0 Å². The third-order valence-corrected chi connectivity index (χ3v) is 3.77. The predicted octanol–water partition coefficient (Wildman–Crippen LogP) is 0.696. The Balaban J connectivity index is 1.85. The zero-order valence-corrected chi connectivity index (χ0v) is 10.4. The average Bonchev–Trinajstić information content (AvgIpc) is 2.39. The second-order valence-electron chi connectivity index (χ2n) is 4.46. The van der Waals surface area contributed by atoms with Crippen LogP contribution >= 0.6 is 11.6 Å². The summed E-state index contributed by atoms with van der Waals surface area (Å²) in [5.74, 6) is 1.78. The van der Waals surface area contributed by atoms with Gasteiger partial charge >= 0.3 is 0 Å². The lowest BCUT2D eigenvalue weighted by atomic mass is 10.0. The first kappa shape index (κ1) is 11.4. The summed E-state index contributed by atoms with van der Waals surface area (Å²) >= 11 is 6.42. The van der Waals surface area contributed by atoms with Gasteiger partial charge in [0.25, 0.3) is 0 Å². The van der Waals surface area contributed by atoms with Crippen LogP contribution in [0.3, 0.4) is 0 Å². The smallest absolute Gasteiger partial charge is 0.158 e. The largest absolute Gasteiger partial charge is 0.489 e.